The number of rotatable bonds is 17. The minimum atomic E-state index is -2.04. The standard InChI is InChI=1S/C43H75NO16.C6H14O6/c1-15-29-43(11,52)36(48)24(5)33(47)22(3)20-41(9,51)38(25(6)34(26(7)39(50)57-29)59-32-21-42(10,53-14)37(49)27(8)56-32)60-40-35(28(44(12)13)19-23(4)55-40)58-31(46)18-17-30(45)54-16-2;7-1-3(9)5(11)6(12)4(10)2-8/h22-29,32,34-38,40,48-49,51-52H,15-21H2,1-14H3;3-12H,1-2H2/t22-,23-,24+,25+,26-,27+,28+,29-,32+,34+,35-,36-,37+,38-,40+,41-,42-,43-;3-,4-,5-,6-/m11/s1. The highest BCUT2D eigenvalue weighted by atomic mass is 16.7. The fraction of sp³-hybridized carbons (Fsp3) is 0.918. The number of aliphatic hydroxyl groups excluding tert-OH is 8. The predicted molar refractivity (Wildman–Crippen MR) is 254 cm³/mol. The van der Waals surface area contributed by atoms with Crippen molar-refractivity contribution in [2.24, 2.45) is 23.7 Å². The second-order valence-corrected chi connectivity index (χ2v) is 20.7. The molecule has 22 atom stereocenters. The van der Waals surface area contributed by atoms with Crippen LogP contribution in [-0.2, 0) is 57.1 Å². The number of aliphatic hydroxyl groups is 10. The average Bonchev–Trinajstić information content (AvgIpc) is 3.32. The maximum absolute atomic E-state index is 14.3. The average molecular weight is 1040 g/mol. The number of likely N-dealkylation sites (N-methyl/N-ethyl adjacent to an activating group) is 1. The van der Waals surface area contributed by atoms with Gasteiger partial charge in [0.05, 0.1) is 86.3 Å². The van der Waals surface area contributed by atoms with Crippen molar-refractivity contribution in [1.29, 1.82) is 0 Å². The molecular weight excluding hydrogens is 955 g/mol. The number of nitrogens with zero attached hydrogens (tertiary/aromatic N) is 1. The van der Waals surface area contributed by atoms with Crippen LogP contribution in [-0.4, -0.2) is 229 Å². The zero-order valence-electron chi connectivity index (χ0n) is 44.7. The highest BCUT2D eigenvalue weighted by molar-refractivity contribution is 5.83. The monoisotopic (exact) mass is 1040 g/mol. The zero-order valence-corrected chi connectivity index (χ0v) is 44.7. The summed E-state index contributed by atoms with van der Waals surface area (Å²) in [6.45, 7) is 16.4. The molecule has 23 nitrogen and oxygen atoms in total. The number of ether oxygens (including phenoxy) is 8. The number of ketones is 1. The molecule has 72 heavy (non-hydrogen) atoms. The highest BCUT2D eigenvalue weighted by Crippen LogP contribution is 2.41. The third kappa shape index (κ3) is 17.0. The largest absolute Gasteiger partial charge is 0.466 e. The fourth-order valence-corrected chi connectivity index (χ4v) is 9.84. The molecule has 0 saturated carbocycles. The van der Waals surface area contributed by atoms with E-state index in [1.807, 2.05) is 25.9 Å². The van der Waals surface area contributed by atoms with E-state index in [-0.39, 0.29) is 38.7 Å². The number of methoxy groups -OCH3 is 1. The lowest BCUT2D eigenvalue weighted by Gasteiger charge is -2.49. The molecule has 0 amide bonds. The van der Waals surface area contributed by atoms with Crippen LogP contribution in [0.15, 0.2) is 0 Å². The molecule has 422 valence electrons. The quantitative estimate of drug-likeness (QED) is 0.0623. The van der Waals surface area contributed by atoms with Gasteiger partial charge in [0.15, 0.2) is 18.7 Å². The maximum Gasteiger partial charge on any atom is 0.311 e. The summed E-state index contributed by atoms with van der Waals surface area (Å²) in [5.41, 5.74) is -5.06. The predicted octanol–water partition coefficient (Wildman–Crippen LogP) is -0.906. The third-order valence-corrected chi connectivity index (χ3v) is 14.4. The first-order valence-electron chi connectivity index (χ1n) is 25.0. The van der Waals surface area contributed by atoms with E-state index in [1.165, 1.54) is 27.9 Å². The van der Waals surface area contributed by atoms with E-state index in [9.17, 15) is 39.6 Å². The minimum absolute atomic E-state index is 0.0431. The van der Waals surface area contributed by atoms with Gasteiger partial charge in [0.2, 0.25) is 0 Å². The number of cyclic esters (lactones) is 1. The molecule has 10 N–H and O–H groups in total. The molecule has 3 rings (SSSR count). The van der Waals surface area contributed by atoms with E-state index in [0.29, 0.717) is 6.42 Å². The van der Waals surface area contributed by atoms with Crippen molar-refractivity contribution in [1.82, 2.24) is 4.90 Å². The molecule has 0 aliphatic carbocycles. The SMILES string of the molecule is CCOC(=O)CCC(=O)O[C@H]1[C@H](O[C@@H]2[C@@H](C)[C@H](O[C@H]3C[C@@](C)(OC)[C@@H](O)[C@H](C)O3)[C@@H](C)C(=O)O[C@H](CC)[C@@](C)(O)[C@H](O)[C@@H](C)C(=O)[C@H](C)C[C@@]2(C)O)O[C@H](C)C[C@@H]1N(C)C.OC[C@@H](O)[C@@H](O)[C@H](O)[C@H](O)CO. The van der Waals surface area contributed by atoms with E-state index in [0.717, 1.165) is 0 Å². The van der Waals surface area contributed by atoms with Gasteiger partial charge in [-0.05, 0) is 81.8 Å². The van der Waals surface area contributed by atoms with Crippen LogP contribution in [0.3, 0.4) is 0 Å². The summed E-state index contributed by atoms with van der Waals surface area (Å²) in [4.78, 5) is 55.6. The van der Waals surface area contributed by atoms with Crippen LogP contribution in [0.25, 0.3) is 0 Å². The second-order valence-electron chi connectivity index (χ2n) is 20.7. The summed E-state index contributed by atoms with van der Waals surface area (Å²) in [6.07, 6.45) is -17.5. The molecule has 0 radical (unpaired) electrons. The van der Waals surface area contributed by atoms with Gasteiger partial charge in [0.25, 0.3) is 0 Å². The van der Waals surface area contributed by atoms with Crippen LogP contribution >= 0.6 is 0 Å². The van der Waals surface area contributed by atoms with Gasteiger partial charge in [-0.1, -0.05) is 27.7 Å². The minimum Gasteiger partial charge on any atom is -0.466 e. The topological polar surface area (TPSA) is 348 Å². The van der Waals surface area contributed by atoms with Gasteiger partial charge in [-0.25, -0.2) is 0 Å². The van der Waals surface area contributed by atoms with Crippen LogP contribution < -0.4 is 0 Å². The van der Waals surface area contributed by atoms with Crippen LogP contribution in [0.5, 0.6) is 0 Å². The van der Waals surface area contributed by atoms with Crippen LogP contribution in [0.2, 0.25) is 0 Å². The summed E-state index contributed by atoms with van der Waals surface area (Å²) in [5, 5.41) is 99.0. The van der Waals surface area contributed by atoms with Crippen LogP contribution in [0.1, 0.15) is 115 Å². The Morgan fingerprint density at radius 2 is 1.35 bits per heavy atom. The molecule has 3 saturated heterocycles. The van der Waals surface area contributed by atoms with Crippen molar-refractivity contribution in [2.45, 2.75) is 223 Å². The van der Waals surface area contributed by atoms with E-state index < -0.39 is 169 Å². The summed E-state index contributed by atoms with van der Waals surface area (Å²) in [5.74, 6) is -6.64. The lowest BCUT2D eigenvalue weighted by atomic mass is 9.74. The molecule has 0 aromatic heterocycles. The first kappa shape index (κ1) is 65.6. The number of hydrogen-bond donors (Lipinski definition) is 10. The van der Waals surface area contributed by atoms with E-state index in [2.05, 4.69) is 0 Å². The summed E-state index contributed by atoms with van der Waals surface area (Å²) in [6, 6.07) is -0.443. The Bertz CT molecular complexity index is 1670. The summed E-state index contributed by atoms with van der Waals surface area (Å²) >= 11 is 0. The van der Waals surface area contributed by atoms with Crippen molar-refractivity contribution in [3.8, 4) is 0 Å². The van der Waals surface area contributed by atoms with Gasteiger partial charge in [-0.15, -0.1) is 0 Å². The molecule has 0 spiro atoms. The van der Waals surface area contributed by atoms with Crippen LogP contribution in [0.4, 0.5) is 0 Å². The van der Waals surface area contributed by atoms with Gasteiger partial charge in [0.1, 0.15) is 48.0 Å². The van der Waals surface area contributed by atoms with E-state index >= 15 is 0 Å². The van der Waals surface area contributed by atoms with E-state index in [1.54, 1.807) is 48.5 Å². The number of hydrogen-bond acceptors (Lipinski definition) is 23. The Morgan fingerprint density at radius 1 is 0.792 bits per heavy atom. The third-order valence-electron chi connectivity index (χ3n) is 14.4. The number of esters is 3. The molecule has 0 unspecified atom stereocenters. The molecular formula is C49H89NO22. The molecule has 3 fully saturated rings. The van der Waals surface area contributed by atoms with Gasteiger partial charge >= 0.3 is 17.9 Å². The van der Waals surface area contributed by atoms with Crippen molar-refractivity contribution in [3.05, 3.63) is 0 Å². The Hall–Kier alpha value is -2.56. The number of Topliss-reactive ketones (excluding diaryl/α,β-unsaturated/α-hetero) is 1. The van der Waals surface area contributed by atoms with Gasteiger partial charge < -0.3 is 93.9 Å². The Morgan fingerprint density at radius 3 is 1.85 bits per heavy atom. The molecule has 0 aromatic rings. The highest BCUT2D eigenvalue weighted by Gasteiger charge is 2.54. The van der Waals surface area contributed by atoms with Gasteiger partial charge in [-0.2, -0.15) is 0 Å². The fourth-order valence-electron chi connectivity index (χ4n) is 9.84. The lowest BCUT2D eigenvalue weighted by Crippen LogP contribution is -2.61. The summed E-state index contributed by atoms with van der Waals surface area (Å²) in [7, 11) is 5.09. The molecule has 3 aliphatic rings. The second kappa shape index (κ2) is 28.5. The lowest BCUT2D eigenvalue weighted by molar-refractivity contribution is -0.319. The molecule has 0 aromatic carbocycles. The molecule has 0 bridgehead atoms. The number of carbonyl (C=O) groups is 4. The Balaban J connectivity index is 0.00000130. The zero-order chi connectivity index (χ0) is 55.4. The van der Waals surface area contributed by atoms with Crippen molar-refractivity contribution >= 4 is 23.7 Å². The summed E-state index contributed by atoms with van der Waals surface area (Å²) < 4.78 is 48.8. The van der Waals surface area contributed by atoms with Gasteiger partial charge in [-0.3, -0.25) is 19.2 Å². The van der Waals surface area contributed by atoms with Gasteiger partial charge in [0, 0.05) is 31.3 Å². The first-order valence-corrected chi connectivity index (χ1v) is 25.0. The maximum atomic E-state index is 14.3. The molecule has 3 aliphatic heterocycles. The normalized spacial score (nSPS) is 40.1. The first-order chi connectivity index (χ1) is 33.3. The van der Waals surface area contributed by atoms with Crippen LogP contribution in [0, 0.1) is 23.7 Å². The molecule has 23 heteroatoms. The number of carbonyl (C=O) groups excluding carboxylic acids is 4. The van der Waals surface area contributed by atoms with E-state index in [4.69, 9.17) is 68.5 Å². The van der Waals surface area contributed by atoms with Crippen molar-refractivity contribution in [2.75, 3.05) is 41.0 Å². The van der Waals surface area contributed by atoms with Crippen molar-refractivity contribution < 1.29 is 108 Å². The Kier molecular flexibility index (Phi) is 26.0. The molecule has 3 heterocycles. The smallest absolute Gasteiger partial charge is 0.311 e. The Labute approximate surface area is 424 Å². The van der Waals surface area contributed by atoms with Crippen molar-refractivity contribution in [3.63, 3.8) is 0 Å².